The molecule has 2 N–H and O–H groups in total. The molecule has 0 aromatic heterocycles. The van der Waals surface area contributed by atoms with E-state index in [2.05, 4.69) is 53.4 Å². The number of hydrogen-bond acceptors (Lipinski definition) is 5. The summed E-state index contributed by atoms with van der Waals surface area (Å²) in [4.78, 5) is 6.84. The van der Waals surface area contributed by atoms with Gasteiger partial charge in [-0.2, -0.15) is 0 Å². The lowest BCUT2D eigenvalue weighted by molar-refractivity contribution is 0.0258. The summed E-state index contributed by atoms with van der Waals surface area (Å²) in [5.74, 6) is 3.04. The third-order valence-corrected chi connectivity index (χ3v) is 5.50. The van der Waals surface area contributed by atoms with Crippen LogP contribution >= 0.6 is 0 Å². The molecule has 1 fully saturated rings. The summed E-state index contributed by atoms with van der Waals surface area (Å²) in [6, 6.07) is 6.44. The quantitative estimate of drug-likeness (QED) is 0.424. The number of ether oxygens (including phenoxy) is 3. The van der Waals surface area contributed by atoms with E-state index in [1.54, 1.807) is 14.2 Å². The van der Waals surface area contributed by atoms with Crippen molar-refractivity contribution in [2.24, 2.45) is 10.9 Å². The number of hydrogen-bond donors (Lipinski definition) is 2. The molecule has 7 nitrogen and oxygen atoms in total. The monoisotopic (exact) mass is 420 g/mol. The number of nitrogens with zero attached hydrogens (tertiary/aromatic N) is 2. The molecule has 7 heteroatoms. The van der Waals surface area contributed by atoms with Crippen LogP contribution in [0.5, 0.6) is 11.5 Å². The van der Waals surface area contributed by atoms with Crippen molar-refractivity contribution in [1.29, 1.82) is 0 Å². The van der Waals surface area contributed by atoms with Crippen LogP contribution in [0.4, 0.5) is 0 Å². The lowest BCUT2D eigenvalue weighted by Gasteiger charge is -2.22. The largest absolute Gasteiger partial charge is 0.497 e. The summed E-state index contributed by atoms with van der Waals surface area (Å²) in [7, 11) is 5.20. The van der Waals surface area contributed by atoms with E-state index in [9.17, 15) is 0 Å². The van der Waals surface area contributed by atoms with Crippen molar-refractivity contribution in [3.05, 3.63) is 23.8 Å². The first-order chi connectivity index (χ1) is 14.5. The van der Waals surface area contributed by atoms with Crippen molar-refractivity contribution >= 4 is 5.96 Å². The first kappa shape index (κ1) is 24.3. The Kier molecular flexibility index (Phi) is 10.2. The first-order valence-electron chi connectivity index (χ1n) is 11.0. The first-order valence-corrected chi connectivity index (χ1v) is 11.0. The fraction of sp³-hybridized carbons (Fsp3) is 0.696. The molecule has 1 saturated heterocycles. The molecule has 0 radical (unpaired) electrons. The van der Waals surface area contributed by atoms with Gasteiger partial charge in [0.15, 0.2) is 5.96 Å². The molecule has 2 rings (SSSR count). The fourth-order valence-electron chi connectivity index (χ4n) is 3.85. The van der Waals surface area contributed by atoms with Gasteiger partial charge in [-0.05, 0) is 43.4 Å². The molecule has 2 atom stereocenters. The molecule has 2 unspecified atom stereocenters. The molecular weight excluding hydrogens is 380 g/mol. The molecule has 1 heterocycles. The van der Waals surface area contributed by atoms with Crippen molar-refractivity contribution in [2.75, 3.05) is 47.5 Å². The Morgan fingerprint density at radius 2 is 1.90 bits per heavy atom. The molecule has 0 aliphatic carbocycles. The number of methoxy groups -OCH3 is 2. The summed E-state index contributed by atoms with van der Waals surface area (Å²) in [5.41, 5.74) is 1.20. The third kappa shape index (κ3) is 7.69. The van der Waals surface area contributed by atoms with Crippen LogP contribution in [0.1, 0.15) is 39.2 Å². The second kappa shape index (κ2) is 12.6. The Labute approximate surface area is 182 Å². The highest BCUT2D eigenvalue weighted by molar-refractivity contribution is 5.80. The molecule has 0 spiro atoms. The number of benzene rings is 1. The zero-order chi connectivity index (χ0) is 21.9. The summed E-state index contributed by atoms with van der Waals surface area (Å²) < 4.78 is 16.6. The minimum absolute atomic E-state index is 0.280. The van der Waals surface area contributed by atoms with Crippen LogP contribution in [0, 0.1) is 5.92 Å². The Balaban J connectivity index is 1.80. The van der Waals surface area contributed by atoms with Gasteiger partial charge in [0.1, 0.15) is 11.5 Å². The standard InChI is InChI=1S/C23H40N4O3/c1-7-30-22(17(2)3)8-10-25-23(24-4)26-19-9-11-27(16-19)15-18-12-20(28-5)14-21(13-18)29-6/h12-14,17,19,22H,7-11,15-16H2,1-6H3,(H2,24,25,26). The number of rotatable bonds is 11. The van der Waals surface area contributed by atoms with E-state index < -0.39 is 0 Å². The number of aliphatic imine (C=N–C) groups is 1. The zero-order valence-electron chi connectivity index (χ0n) is 19.5. The van der Waals surface area contributed by atoms with Gasteiger partial charge in [0, 0.05) is 51.9 Å². The molecule has 1 aliphatic rings. The van der Waals surface area contributed by atoms with Crippen LogP contribution in [0.25, 0.3) is 0 Å². The normalized spacial score (nSPS) is 18.5. The second-order valence-corrected chi connectivity index (χ2v) is 8.11. The van der Waals surface area contributed by atoms with E-state index in [1.165, 1.54) is 5.56 Å². The van der Waals surface area contributed by atoms with Crippen molar-refractivity contribution in [3.63, 3.8) is 0 Å². The molecule has 1 aromatic rings. The predicted octanol–water partition coefficient (Wildman–Crippen LogP) is 2.89. The highest BCUT2D eigenvalue weighted by Gasteiger charge is 2.23. The maximum atomic E-state index is 5.83. The van der Waals surface area contributed by atoms with E-state index in [0.717, 1.165) is 63.1 Å². The maximum Gasteiger partial charge on any atom is 0.191 e. The predicted molar refractivity (Wildman–Crippen MR) is 123 cm³/mol. The highest BCUT2D eigenvalue weighted by atomic mass is 16.5. The maximum absolute atomic E-state index is 5.83. The molecule has 1 aliphatic heterocycles. The summed E-state index contributed by atoms with van der Waals surface area (Å²) in [5, 5.41) is 7.01. The average Bonchev–Trinajstić information content (AvgIpc) is 3.18. The number of likely N-dealkylation sites (tertiary alicyclic amines) is 1. The smallest absolute Gasteiger partial charge is 0.191 e. The number of nitrogens with one attached hydrogen (secondary N) is 2. The van der Waals surface area contributed by atoms with E-state index in [4.69, 9.17) is 14.2 Å². The van der Waals surface area contributed by atoms with Crippen LogP contribution in [0.15, 0.2) is 23.2 Å². The Morgan fingerprint density at radius 1 is 1.20 bits per heavy atom. The van der Waals surface area contributed by atoms with Crippen molar-refractivity contribution in [3.8, 4) is 11.5 Å². The van der Waals surface area contributed by atoms with Crippen molar-refractivity contribution in [1.82, 2.24) is 15.5 Å². The second-order valence-electron chi connectivity index (χ2n) is 8.11. The number of guanidine groups is 1. The van der Waals surface area contributed by atoms with Gasteiger partial charge in [-0.3, -0.25) is 9.89 Å². The zero-order valence-corrected chi connectivity index (χ0v) is 19.5. The molecule has 0 saturated carbocycles. The Morgan fingerprint density at radius 3 is 2.47 bits per heavy atom. The van der Waals surface area contributed by atoms with E-state index >= 15 is 0 Å². The molecule has 0 bridgehead atoms. The van der Waals surface area contributed by atoms with Crippen LogP contribution in [-0.4, -0.2) is 70.5 Å². The van der Waals surface area contributed by atoms with Crippen LogP contribution < -0.4 is 20.1 Å². The van der Waals surface area contributed by atoms with Crippen molar-refractivity contribution < 1.29 is 14.2 Å². The minimum atomic E-state index is 0.280. The Hall–Kier alpha value is -1.99. The Bertz CT molecular complexity index is 644. The van der Waals surface area contributed by atoms with Crippen LogP contribution in [0.3, 0.4) is 0 Å². The average molecular weight is 421 g/mol. The van der Waals surface area contributed by atoms with Gasteiger partial charge in [-0.15, -0.1) is 0 Å². The fourth-order valence-corrected chi connectivity index (χ4v) is 3.85. The lowest BCUT2D eigenvalue weighted by Crippen LogP contribution is -2.45. The van der Waals surface area contributed by atoms with Crippen LogP contribution in [-0.2, 0) is 11.3 Å². The molecule has 1 aromatic carbocycles. The SMILES string of the molecule is CCOC(CCNC(=NC)NC1CCN(Cc2cc(OC)cc(OC)c2)C1)C(C)C. The topological polar surface area (TPSA) is 67.4 Å². The highest BCUT2D eigenvalue weighted by Crippen LogP contribution is 2.24. The molecule has 30 heavy (non-hydrogen) atoms. The van der Waals surface area contributed by atoms with Gasteiger partial charge in [0.2, 0.25) is 0 Å². The van der Waals surface area contributed by atoms with E-state index in [-0.39, 0.29) is 6.10 Å². The van der Waals surface area contributed by atoms with Crippen molar-refractivity contribution in [2.45, 2.75) is 52.3 Å². The minimum Gasteiger partial charge on any atom is -0.497 e. The van der Waals surface area contributed by atoms with Gasteiger partial charge in [0.25, 0.3) is 0 Å². The molecule has 170 valence electrons. The van der Waals surface area contributed by atoms with E-state index in [0.29, 0.717) is 12.0 Å². The van der Waals surface area contributed by atoms with E-state index in [1.807, 2.05) is 13.1 Å². The summed E-state index contributed by atoms with van der Waals surface area (Å²) >= 11 is 0. The lowest BCUT2D eigenvalue weighted by atomic mass is 10.0. The van der Waals surface area contributed by atoms with Gasteiger partial charge in [-0.25, -0.2) is 0 Å². The van der Waals surface area contributed by atoms with Gasteiger partial charge in [-0.1, -0.05) is 13.8 Å². The summed E-state index contributed by atoms with van der Waals surface area (Å²) in [6.45, 7) is 11.0. The van der Waals surface area contributed by atoms with Crippen LogP contribution in [0.2, 0.25) is 0 Å². The molecular formula is C23H40N4O3. The summed E-state index contributed by atoms with van der Waals surface area (Å²) in [6.07, 6.45) is 2.35. The van der Waals surface area contributed by atoms with Gasteiger partial charge in [0.05, 0.1) is 20.3 Å². The van der Waals surface area contributed by atoms with Gasteiger partial charge >= 0.3 is 0 Å². The van der Waals surface area contributed by atoms with Gasteiger partial charge < -0.3 is 24.8 Å². The molecule has 0 amide bonds. The third-order valence-electron chi connectivity index (χ3n) is 5.50.